The Morgan fingerprint density at radius 2 is 1.24 bits per heavy atom. The normalized spacial score (nSPS) is 12.2. The average molecular weight is 684 g/mol. The van der Waals surface area contributed by atoms with Crippen LogP contribution in [0.1, 0.15) is 65.5 Å². The van der Waals surface area contributed by atoms with Gasteiger partial charge in [-0.2, -0.15) is 0 Å². The zero-order chi connectivity index (χ0) is 36.4. The average Bonchev–Trinajstić information content (AvgIpc) is 3.11. The van der Waals surface area contributed by atoms with Crippen LogP contribution in [-0.2, 0) is 20.9 Å². The molecule has 0 bridgehead atoms. The highest BCUT2D eigenvalue weighted by atomic mass is 16.6. The number of aryl methyl sites for hydroxylation is 1. The smallest absolute Gasteiger partial charge is 0.408 e. The molecule has 2 atom stereocenters. The number of hydrogen-bond donors (Lipinski definition) is 2. The van der Waals surface area contributed by atoms with Crippen LogP contribution in [0.4, 0.5) is 10.5 Å². The van der Waals surface area contributed by atoms with Gasteiger partial charge in [-0.05, 0) is 68.7 Å². The molecule has 0 fully saturated rings. The van der Waals surface area contributed by atoms with E-state index in [0.29, 0.717) is 16.7 Å². The molecule has 0 spiro atoms. The maximum Gasteiger partial charge on any atom is 0.408 e. The Morgan fingerprint density at radius 3 is 1.84 bits per heavy atom. The van der Waals surface area contributed by atoms with E-state index in [9.17, 15) is 19.2 Å². The van der Waals surface area contributed by atoms with Gasteiger partial charge in [-0.15, -0.1) is 0 Å². The second-order valence-electron chi connectivity index (χ2n) is 13.0. The van der Waals surface area contributed by atoms with Crippen molar-refractivity contribution in [1.29, 1.82) is 0 Å². The zero-order valence-corrected chi connectivity index (χ0v) is 29.0. The van der Waals surface area contributed by atoms with Gasteiger partial charge in [-0.3, -0.25) is 9.59 Å². The first-order chi connectivity index (χ1) is 24.5. The van der Waals surface area contributed by atoms with Gasteiger partial charge in [0, 0.05) is 6.54 Å². The maximum atomic E-state index is 14.9. The number of rotatable bonds is 11. The monoisotopic (exact) mass is 683 g/mol. The Morgan fingerprint density at radius 1 is 0.686 bits per heavy atom. The van der Waals surface area contributed by atoms with Crippen LogP contribution in [-0.4, -0.2) is 34.4 Å². The number of esters is 1. The number of alkyl carbamates (subject to hydrolysis) is 1. The third-order valence-corrected chi connectivity index (χ3v) is 7.83. The minimum Gasteiger partial charge on any atom is -0.444 e. The molecule has 0 saturated carbocycles. The number of amides is 3. The molecule has 260 valence electrons. The van der Waals surface area contributed by atoms with E-state index < -0.39 is 41.6 Å². The summed E-state index contributed by atoms with van der Waals surface area (Å²) in [7, 11) is 0. The summed E-state index contributed by atoms with van der Waals surface area (Å²) in [5, 5.41) is 5.68. The number of anilines is 1. The summed E-state index contributed by atoms with van der Waals surface area (Å²) < 4.78 is 11.3. The fourth-order valence-electron chi connectivity index (χ4n) is 5.42. The van der Waals surface area contributed by atoms with Crippen LogP contribution in [0, 0.1) is 6.92 Å². The van der Waals surface area contributed by atoms with Crippen molar-refractivity contribution in [3.63, 3.8) is 0 Å². The summed E-state index contributed by atoms with van der Waals surface area (Å²) in [6.07, 6.45) is -0.783. The van der Waals surface area contributed by atoms with Crippen molar-refractivity contribution in [2.24, 2.45) is 0 Å². The Balaban J connectivity index is 1.55. The van der Waals surface area contributed by atoms with E-state index in [-0.39, 0.29) is 18.0 Å². The molecule has 0 aliphatic rings. The number of para-hydroxylation sites is 2. The van der Waals surface area contributed by atoms with Crippen molar-refractivity contribution < 1.29 is 28.7 Å². The molecule has 0 radical (unpaired) electrons. The molecule has 9 nitrogen and oxygen atoms in total. The highest BCUT2D eigenvalue weighted by Gasteiger charge is 2.37. The van der Waals surface area contributed by atoms with Crippen LogP contribution < -0.4 is 15.4 Å². The van der Waals surface area contributed by atoms with Gasteiger partial charge in [0.05, 0.1) is 11.3 Å². The third-order valence-electron chi connectivity index (χ3n) is 7.83. The van der Waals surface area contributed by atoms with E-state index in [1.165, 1.54) is 4.90 Å². The molecular weight excluding hydrogens is 642 g/mol. The molecule has 3 amide bonds. The van der Waals surface area contributed by atoms with Gasteiger partial charge in [0.1, 0.15) is 17.7 Å². The SMILES string of the molecule is Cc1ccc(C(=O)Oc2ccccc2NC(=O)C(c2ccccc2)N(Cc2ccccc2)C(=O)C(NC(=O)OC(C)(C)C)c2ccccc2)cc1. The van der Waals surface area contributed by atoms with Gasteiger partial charge < -0.3 is 25.0 Å². The number of carbonyl (C=O) groups excluding carboxylic acids is 4. The number of nitrogens with one attached hydrogen (secondary N) is 2. The molecule has 0 heterocycles. The van der Waals surface area contributed by atoms with Crippen LogP contribution >= 0.6 is 0 Å². The van der Waals surface area contributed by atoms with Crippen molar-refractivity contribution in [2.75, 3.05) is 5.32 Å². The van der Waals surface area contributed by atoms with E-state index in [2.05, 4.69) is 10.6 Å². The fourth-order valence-corrected chi connectivity index (χ4v) is 5.42. The highest BCUT2D eigenvalue weighted by Crippen LogP contribution is 2.32. The Bertz CT molecular complexity index is 1940. The second kappa shape index (κ2) is 16.5. The number of benzene rings is 5. The zero-order valence-electron chi connectivity index (χ0n) is 29.0. The number of hydrogen-bond acceptors (Lipinski definition) is 6. The predicted molar refractivity (Wildman–Crippen MR) is 196 cm³/mol. The van der Waals surface area contributed by atoms with Gasteiger partial charge >= 0.3 is 12.1 Å². The lowest BCUT2D eigenvalue weighted by molar-refractivity contribution is -0.141. The minimum absolute atomic E-state index is 0.0239. The van der Waals surface area contributed by atoms with Crippen LogP contribution in [0.15, 0.2) is 140 Å². The van der Waals surface area contributed by atoms with Crippen molar-refractivity contribution >= 4 is 29.6 Å². The highest BCUT2D eigenvalue weighted by molar-refractivity contribution is 6.00. The summed E-state index contributed by atoms with van der Waals surface area (Å²) in [6, 6.07) is 38.2. The molecule has 51 heavy (non-hydrogen) atoms. The Kier molecular flexibility index (Phi) is 11.6. The van der Waals surface area contributed by atoms with Crippen LogP contribution in [0.25, 0.3) is 0 Å². The number of carbonyl (C=O) groups is 4. The van der Waals surface area contributed by atoms with Crippen molar-refractivity contribution in [1.82, 2.24) is 10.2 Å². The standard InChI is InChI=1S/C42H41N3O6/c1-29-24-26-33(27-25-29)40(48)50-35-23-15-14-22-34(35)43-38(46)37(32-20-12-7-13-21-32)45(28-30-16-8-5-9-17-30)39(47)36(31-18-10-6-11-19-31)44-41(49)51-42(2,3)4/h5-27,36-37H,28H2,1-4H3,(H,43,46)(H,44,49). The molecule has 2 N–H and O–H groups in total. The molecule has 0 aliphatic heterocycles. The molecule has 0 saturated heterocycles. The van der Waals surface area contributed by atoms with E-state index in [4.69, 9.17) is 9.47 Å². The lowest BCUT2D eigenvalue weighted by atomic mass is 9.99. The molecule has 2 unspecified atom stereocenters. The summed E-state index contributed by atoms with van der Waals surface area (Å²) in [4.78, 5) is 57.2. The Hall–Kier alpha value is -6.22. The summed E-state index contributed by atoms with van der Waals surface area (Å²) in [5.41, 5.74) is 2.56. The molecular formula is C42H41N3O6. The van der Waals surface area contributed by atoms with E-state index in [0.717, 1.165) is 11.1 Å². The second-order valence-corrected chi connectivity index (χ2v) is 13.0. The predicted octanol–water partition coefficient (Wildman–Crippen LogP) is 8.19. The molecule has 5 aromatic carbocycles. The topological polar surface area (TPSA) is 114 Å². The first-order valence-electron chi connectivity index (χ1n) is 16.6. The Labute approximate surface area is 298 Å². The summed E-state index contributed by atoms with van der Waals surface area (Å²) >= 11 is 0. The van der Waals surface area contributed by atoms with Gasteiger partial charge in [0.2, 0.25) is 0 Å². The molecule has 9 heteroatoms. The van der Waals surface area contributed by atoms with Crippen molar-refractivity contribution in [3.05, 3.63) is 167 Å². The van der Waals surface area contributed by atoms with Gasteiger partial charge in [0.15, 0.2) is 5.75 Å². The minimum atomic E-state index is -1.20. The lowest BCUT2D eigenvalue weighted by Crippen LogP contribution is -2.48. The molecule has 5 rings (SSSR count). The fraction of sp³-hybridized carbons (Fsp3) is 0.190. The van der Waals surface area contributed by atoms with E-state index in [1.807, 2.05) is 61.5 Å². The van der Waals surface area contributed by atoms with Gasteiger partial charge in [0.25, 0.3) is 11.8 Å². The van der Waals surface area contributed by atoms with Crippen molar-refractivity contribution in [3.8, 4) is 5.75 Å². The molecule has 0 aliphatic carbocycles. The van der Waals surface area contributed by atoms with E-state index >= 15 is 0 Å². The quantitative estimate of drug-likeness (QED) is 0.107. The van der Waals surface area contributed by atoms with E-state index in [1.54, 1.807) is 106 Å². The number of ether oxygens (including phenoxy) is 2. The first-order valence-corrected chi connectivity index (χ1v) is 16.6. The lowest BCUT2D eigenvalue weighted by Gasteiger charge is -2.35. The largest absolute Gasteiger partial charge is 0.444 e. The first kappa shape index (κ1) is 36.1. The van der Waals surface area contributed by atoms with Crippen LogP contribution in [0.2, 0.25) is 0 Å². The maximum absolute atomic E-state index is 14.9. The van der Waals surface area contributed by atoms with Crippen molar-refractivity contribution in [2.45, 2.75) is 51.9 Å². The third kappa shape index (κ3) is 9.92. The summed E-state index contributed by atoms with van der Waals surface area (Å²) in [6.45, 7) is 7.15. The molecule has 5 aromatic rings. The van der Waals surface area contributed by atoms with Crippen LogP contribution in [0.3, 0.4) is 0 Å². The summed E-state index contributed by atoms with van der Waals surface area (Å²) in [5.74, 6) is -1.55. The van der Waals surface area contributed by atoms with Crippen LogP contribution in [0.5, 0.6) is 5.75 Å². The van der Waals surface area contributed by atoms with Gasteiger partial charge in [-0.25, -0.2) is 9.59 Å². The van der Waals surface area contributed by atoms with Gasteiger partial charge in [-0.1, -0.05) is 121 Å². The molecule has 0 aromatic heterocycles. The number of nitrogens with zero attached hydrogens (tertiary/aromatic N) is 1.